The molecule has 0 saturated heterocycles. The summed E-state index contributed by atoms with van der Waals surface area (Å²) >= 11 is 0. The first kappa shape index (κ1) is 11.6. The molecule has 1 aliphatic rings. The smallest absolute Gasteiger partial charge is 0.0953 e. The number of rotatable bonds is 6. The van der Waals surface area contributed by atoms with Crippen LogP contribution in [-0.4, -0.2) is 16.1 Å². The molecular formula is C13H23N3. The van der Waals surface area contributed by atoms with Gasteiger partial charge >= 0.3 is 0 Å². The fourth-order valence-corrected chi connectivity index (χ4v) is 2.35. The van der Waals surface area contributed by atoms with Gasteiger partial charge in [0.05, 0.1) is 12.0 Å². The first-order chi connectivity index (χ1) is 7.66. The lowest BCUT2D eigenvalue weighted by molar-refractivity contribution is 0.294. The molecule has 0 aromatic carbocycles. The molecule has 0 bridgehead atoms. The molecule has 2 rings (SSSR count). The van der Waals surface area contributed by atoms with Gasteiger partial charge in [-0.05, 0) is 45.6 Å². The van der Waals surface area contributed by atoms with E-state index in [-0.39, 0.29) is 5.54 Å². The maximum absolute atomic E-state index is 4.30. The lowest BCUT2D eigenvalue weighted by Crippen LogP contribution is -2.31. The van der Waals surface area contributed by atoms with Gasteiger partial charge in [-0.3, -0.25) is 0 Å². The Bertz CT molecular complexity index is 337. The average Bonchev–Trinajstić information content (AvgIpc) is 3.00. The molecule has 1 fully saturated rings. The average molecular weight is 221 g/mol. The van der Waals surface area contributed by atoms with Crippen molar-refractivity contribution in [3.63, 3.8) is 0 Å². The van der Waals surface area contributed by atoms with Crippen molar-refractivity contribution in [2.45, 2.75) is 52.1 Å². The maximum atomic E-state index is 4.30. The second-order valence-corrected chi connectivity index (χ2v) is 5.36. The van der Waals surface area contributed by atoms with Crippen LogP contribution in [0.2, 0.25) is 0 Å². The second-order valence-electron chi connectivity index (χ2n) is 5.36. The van der Waals surface area contributed by atoms with Crippen molar-refractivity contribution in [2.75, 3.05) is 6.54 Å². The van der Waals surface area contributed by atoms with Gasteiger partial charge < -0.3 is 9.88 Å². The number of hydrogen-bond acceptors (Lipinski definition) is 2. The zero-order valence-electron chi connectivity index (χ0n) is 10.7. The van der Waals surface area contributed by atoms with Crippen molar-refractivity contribution in [1.29, 1.82) is 0 Å². The predicted molar refractivity (Wildman–Crippen MR) is 66.3 cm³/mol. The van der Waals surface area contributed by atoms with Gasteiger partial charge in [-0.15, -0.1) is 0 Å². The number of nitrogens with one attached hydrogen (secondary N) is 1. The van der Waals surface area contributed by atoms with E-state index in [4.69, 9.17) is 0 Å². The van der Waals surface area contributed by atoms with Crippen molar-refractivity contribution in [3.05, 3.63) is 18.2 Å². The van der Waals surface area contributed by atoms with Gasteiger partial charge in [-0.1, -0.05) is 6.92 Å². The van der Waals surface area contributed by atoms with Crippen molar-refractivity contribution in [3.8, 4) is 0 Å². The summed E-state index contributed by atoms with van der Waals surface area (Å²) in [5.41, 5.74) is 1.55. The van der Waals surface area contributed by atoms with Crippen LogP contribution in [0, 0.1) is 5.92 Å². The van der Waals surface area contributed by atoms with Gasteiger partial charge in [0.25, 0.3) is 0 Å². The van der Waals surface area contributed by atoms with E-state index in [1.54, 1.807) is 0 Å². The largest absolute Gasteiger partial charge is 0.327 e. The van der Waals surface area contributed by atoms with Crippen molar-refractivity contribution in [1.82, 2.24) is 14.9 Å². The Morgan fingerprint density at radius 3 is 2.88 bits per heavy atom. The molecule has 0 unspecified atom stereocenters. The van der Waals surface area contributed by atoms with Crippen LogP contribution in [0.1, 0.15) is 45.7 Å². The predicted octanol–water partition coefficient (Wildman–Crippen LogP) is 2.53. The normalized spacial score (nSPS) is 16.7. The Labute approximate surface area is 98.3 Å². The van der Waals surface area contributed by atoms with Gasteiger partial charge in [0, 0.05) is 18.3 Å². The van der Waals surface area contributed by atoms with Crippen molar-refractivity contribution >= 4 is 0 Å². The lowest BCUT2D eigenvalue weighted by atomic mass is 9.98. The molecule has 90 valence electrons. The van der Waals surface area contributed by atoms with E-state index in [1.165, 1.54) is 25.0 Å². The highest BCUT2D eigenvalue weighted by molar-refractivity contribution is 5.06. The van der Waals surface area contributed by atoms with Gasteiger partial charge in [0.15, 0.2) is 0 Å². The van der Waals surface area contributed by atoms with Crippen LogP contribution in [0.15, 0.2) is 12.5 Å². The molecule has 1 heterocycles. The van der Waals surface area contributed by atoms with Gasteiger partial charge in [0.1, 0.15) is 0 Å². The molecule has 0 spiro atoms. The molecule has 0 atom stereocenters. The van der Waals surface area contributed by atoms with E-state index >= 15 is 0 Å². The summed E-state index contributed by atoms with van der Waals surface area (Å²) in [5, 5.41) is 3.45. The molecule has 1 N–H and O–H groups in total. The summed E-state index contributed by atoms with van der Waals surface area (Å²) in [6.45, 7) is 8.86. The Morgan fingerprint density at radius 1 is 1.50 bits per heavy atom. The first-order valence-electron chi connectivity index (χ1n) is 6.38. The summed E-state index contributed by atoms with van der Waals surface area (Å²) in [6.07, 6.45) is 7.90. The van der Waals surface area contributed by atoms with E-state index in [0.717, 1.165) is 19.0 Å². The van der Waals surface area contributed by atoms with E-state index < -0.39 is 0 Å². The van der Waals surface area contributed by atoms with E-state index in [0.29, 0.717) is 0 Å². The SMILES string of the molecule is CCCNCc1cncn1C(C)(C)C1CC1. The van der Waals surface area contributed by atoms with Crippen LogP contribution >= 0.6 is 0 Å². The monoisotopic (exact) mass is 221 g/mol. The number of hydrogen-bond donors (Lipinski definition) is 1. The number of nitrogens with zero attached hydrogens (tertiary/aromatic N) is 2. The molecule has 1 aromatic heterocycles. The highest BCUT2D eigenvalue weighted by Gasteiger charge is 2.39. The third-order valence-corrected chi connectivity index (χ3v) is 3.65. The molecule has 3 nitrogen and oxygen atoms in total. The third kappa shape index (κ3) is 2.29. The summed E-state index contributed by atoms with van der Waals surface area (Å²) in [4.78, 5) is 4.30. The molecule has 1 aromatic rings. The quantitative estimate of drug-likeness (QED) is 0.748. The lowest BCUT2D eigenvalue weighted by Gasteiger charge is -2.28. The third-order valence-electron chi connectivity index (χ3n) is 3.65. The minimum atomic E-state index is 0.236. The fourth-order valence-electron chi connectivity index (χ4n) is 2.35. The minimum absolute atomic E-state index is 0.236. The van der Waals surface area contributed by atoms with E-state index in [1.807, 2.05) is 12.5 Å². The van der Waals surface area contributed by atoms with Gasteiger partial charge in [0.2, 0.25) is 0 Å². The second kappa shape index (κ2) is 4.58. The minimum Gasteiger partial charge on any atom is -0.327 e. The Morgan fingerprint density at radius 2 is 2.25 bits per heavy atom. The highest BCUT2D eigenvalue weighted by Crippen LogP contribution is 2.44. The molecule has 0 aliphatic heterocycles. The van der Waals surface area contributed by atoms with Crippen molar-refractivity contribution in [2.24, 2.45) is 5.92 Å². The van der Waals surface area contributed by atoms with Crippen LogP contribution in [-0.2, 0) is 12.1 Å². The molecule has 3 heteroatoms. The van der Waals surface area contributed by atoms with Crippen LogP contribution in [0.5, 0.6) is 0 Å². The molecule has 1 aliphatic carbocycles. The van der Waals surface area contributed by atoms with Crippen LogP contribution in [0.25, 0.3) is 0 Å². The first-order valence-corrected chi connectivity index (χ1v) is 6.38. The Hall–Kier alpha value is -0.830. The van der Waals surface area contributed by atoms with E-state index in [9.17, 15) is 0 Å². The Balaban J connectivity index is 2.06. The number of aromatic nitrogens is 2. The van der Waals surface area contributed by atoms with Gasteiger partial charge in [-0.25, -0.2) is 4.98 Å². The Kier molecular flexibility index (Phi) is 3.33. The van der Waals surface area contributed by atoms with Crippen LogP contribution < -0.4 is 5.32 Å². The molecule has 0 radical (unpaired) electrons. The molecular weight excluding hydrogens is 198 g/mol. The molecule has 0 amide bonds. The summed E-state index contributed by atoms with van der Waals surface area (Å²) in [7, 11) is 0. The number of imidazole rings is 1. The van der Waals surface area contributed by atoms with E-state index in [2.05, 4.69) is 35.6 Å². The molecule has 1 saturated carbocycles. The summed E-state index contributed by atoms with van der Waals surface area (Å²) < 4.78 is 2.35. The van der Waals surface area contributed by atoms with Gasteiger partial charge in [-0.2, -0.15) is 0 Å². The van der Waals surface area contributed by atoms with Crippen molar-refractivity contribution < 1.29 is 0 Å². The highest BCUT2D eigenvalue weighted by atomic mass is 15.1. The summed E-state index contributed by atoms with van der Waals surface area (Å²) in [6, 6.07) is 0. The zero-order chi connectivity index (χ0) is 11.6. The topological polar surface area (TPSA) is 29.9 Å². The summed E-state index contributed by atoms with van der Waals surface area (Å²) in [5.74, 6) is 0.839. The standard InChI is InChI=1S/C13H23N3/c1-4-7-14-8-12-9-15-10-16(12)13(2,3)11-5-6-11/h9-11,14H,4-8H2,1-3H3. The fraction of sp³-hybridized carbons (Fsp3) is 0.769. The van der Waals surface area contributed by atoms with Crippen LogP contribution in [0.4, 0.5) is 0 Å². The maximum Gasteiger partial charge on any atom is 0.0953 e. The zero-order valence-corrected chi connectivity index (χ0v) is 10.7. The van der Waals surface area contributed by atoms with Crippen LogP contribution in [0.3, 0.4) is 0 Å². The molecule has 16 heavy (non-hydrogen) atoms.